The highest BCUT2D eigenvalue weighted by atomic mass is 32.2. The van der Waals surface area contributed by atoms with Gasteiger partial charge in [0.15, 0.2) is 0 Å². The highest BCUT2D eigenvalue weighted by Gasteiger charge is 2.19. The predicted octanol–water partition coefficient (Wildman–Crippen LogP) is 3.09. The molecule has 0 aromatic heterocycles. The van der Waals surface area contributed by atoms with E-state index >= 15 is 0 Å². The number of amides is 1. The number of aliphatic carboxylic acids is 1. The molecule has 2 aromatic rings. The average Bonchev–Trinajstić information content (AvgIpc) is 2.56. The Kier molecular flexibility index (Phi) is 6.47. The van der Waals surface area contributed by atoms with Crippen molar-refractivity contribution >= 4 is 34.4 Å². The van der Waals surface area contributed by atoms with Gasteiger partial charge in [0.25, 0.3) is 0 Å². The van der Waals surface area contributed by atoms with Gasteiger partial charge >= 0.3 is 5.97 Å². The number of carboxylic acids is 1. The van der Waals surface area contributed by atoms with Crippen LogP contribution in [0.2, 0.25) is 0 Å². The predicted molar refractivity (Wildman–Crippen MR) is 94.8 cm³/mol. The number of thioether (sulfide) groups is 1. The minimum Gasteiger partial charge on any atom is -0.480 e. The molecular formula is C18H21NO3S. The molecule has 1 amide bonds. The van der Waals surface area contributed by atoms with Crippen molar-refractivity contribution in [3.8, 4) is 0 Å². The molecule has 0 saturated carbocycles. The third-order valence-electron chi connectivity index (χ3n) is 3.70. The first-order chi connectivity index (χ1) is 11.1. The van der Waals surface area contributed by atoms with E-state index in [2.05, 4.69) is 17.4 Å². The highest BCUT2D eigenvalue weighted by molar-refractivity contribution is 7.98. The molecule has 122 valence electrons. The molecular weight excluding hydrogens is 310 g/mol. The molecule has 2 rings (SSSR count). The zero-order chi connectivity index (χ0) is 16.7. The van der Waals surface area contributed by atoms with Gasteiger partial charge in [-0.2, -0.15) is 11.8 Å². The van der Waals surface area contributed by atoms with Crippen LogP contribution in [-0.4, -0.2) is 35.0 Å². The van der Waals surface area contributed by atoms with Gasteiger partial charge < -0.3 is 10.4 Å². The summed E-state index contributed by atoms with van der Waals surface area (Å²) in [4.78, 5) is 23.1. The topological polar surface area (TPSA) is 66.4 Å². The molecule has 0 aliphatic carbocycles. The van der Waals surface area contributed by atoms with E-state index in [1.165, 1.54) is 5.39 Å². The van der Waals surface area contributed by atoms with Gasteiger partial charge in [0.2, 0.25) is 5.91 Å². The van der Waals surface area contributed by atoms with Gasteiger partial charge in [-0.05, 0) is 41.2 Å². The van der Waals surface area contributed by atoms with Gasteiger partial charge in [0, 0.05) is 6.42 Å². The summed E-state index contributed by atoms with van der Waals surface area (Å²) in [5.74, 6) is -0.480. The van der Waals surface area contributed by atoms with E-state index in [4.69, 9.17) is 5.11 Å². The Morgan fingerprint density at radius 1 is 1.17 bits per heavy atom. The molecule has 0 heterocycles. The Morgan fingerprint density at radius 2 is 1.91 bits per heavy atom. The molecule has 1 atom stereocenters. The maximum absolute atomic E-state index is 12.0. The summed E-state index contributed by atoms with van der Waals surface area (Å²) in [6.07, 6.45) is 3.26. The van der Waals surface area contributed by atoms with E-state index < -0.39 is 12.0 Å². The number of carbonyl (C=O) groups is 2. The lowest BCUT2D eigenvalue weighted by Crippen LogP contribution is -2.41. The molecule has 0 bridgehead atoms. The first-order valence-electron chi connectivity index (χ1n) is 7.59. The van der Waals surface area contributed by atoms with Crippen LogP contribution < -0.4 is 5.32 Å². The Hall–Kier alpha value is -2.01. The summed E-state index contributed by atoms with van der Waals surface area (Å²) >= 11 is 1.57. The van der Waals surface area contributed by atoms with Gasteiger partial charge in [-0.15, -0.1) is 0 Å². The van der Waals surface area contributed by atoms with E-state index in [0.29, 0.717) is 25.0 Å². The maximum Gasteiger partial charge on any atom is 0.326 e. The number of fused-ring (bicyclic) bond motifs is 1. The zero-order valence-corrected chi connectivity index (χ0v) is 13.9. The second-order valence-corrected chi connectivity index (χ2v) is 6.41. The monoisotopic (exact) mass is 331 g/mol. The third kappa shape index (κ3) is 5.28. The molecule has 0 spiro atoms. The van der Waals surface area contributed by atoms with Crippen LogP contribution in [-0.2, 0) is 16.0 Å². The highest BCUT2D eigenvalue weighted by Crippen LogP contribution is 2.16. The lowest BCUT2D eigenvalue weighted by atomic mass is 10.0. The molecule has 23 heavy (non-hydrogen) atoms. The van der Waals surface area contributed by atoms with Crippen LogP contribution in [0, 0.1) is 0 Å². The van der Waals surface area contributed by atoms with Crippen molar-refractivity contribution in [3.05, 3.63) is 48.0 Å². The standard InChI is InChI=1S/C18H21NO3S/c1-23-11-10-16(18(21)22)19-17(20)9-7-13-6-8-14-4-2-3-5-15(14)12-13/h2-6,8,12,16H,7,9-11H2,1H3,(H,19,20)(H,21,22)/t16-/m0/s1. The Bertz CT molecular complexity index is 687. The van der Waals surface area contributed by atoms with Crippen LogP contribution in [0.5, 0.6) is 0 Å². The van der Waals surface area contributed by atoms with Crippen LogP contribution in [0.15, 0.2) is 42.5 Å². The largest absolute Gasteiger partial charge is 0.480 e. The van der Waals surface area contributed by atoms with Crippen molar-refractivity contribution in [2.24, 2.45) is 0 Å². The van der Waals surface area contributed by atoms with E-state index in [0.717, 1.165) is 10.9 Å². The molecule has 0 aliphatic heterocycles. The number of hydrogen-bond acceptors (Lipinski definition) is 3. The first kappa shape index (κ1) is 17.3. The van der Waals surface area contributed by atoms with Crippen LogP contribution >= 0.6 is 11.8 Å². The lowest BCUT2D eigenvalue weighted by molar-refractivity contribution is -0.141. The molecule has 5 heteroatoms. The first-order valence-corrected chi connectivity index (χ1v) is 8.98. The Balaban J connectivity index is 1.90. The molecule has 0 radical (unpaired) electrons. The molecule has 2 N–H and O–H groups in total. The second kappa shape index (κ2) is 8.58. The minimum absolute atomic E-state index is 0.216. The van der Waals surface area contributed by atoms with E-state index in [-0.39, 0.29) is 5.91 Å². The van der Waals surface area contributed by atoms with Crippen molar-refractivity contribution < 1.29 is 14.7 Å². The Labute approximate surface area is 140 Å². The van der Waals surface area contributed by atoms with E-state index in [9.17, 15) is 9.59 Å². The second-order valence-electron chi connectivity index (χ2n) is 5.42. The molecule has 0 unspecified atom stereocenters. The number of rotatable bonds is 8. The van der Waals surface area contributed by atoms with Crippen molar-refractivity contribution in [1.29, 1.82) is 0 Å². The summed E-state index contributed by atoms with van der Waals surface area (Å²) in [6.45, 7) is 0. The number of nitrogens with one attached hydrogen (secondary N) is 1. The normalized spacial score (nSPS) is 12.0. The Morgan fingerprint density at radius 3 is 2.61 bits per heavy atom. The van der Waals surface area contributed by atoms with Crippen molar-refractivity contribution in [2.45, 2.75) is 25.3 Å². The maximum atomic E-state index is 12.0. The molecule has 0 aliphatic rings. The quantitative estimate of drug-likeness (QED) is 0.780. The van der Waals surface area contributed by atoms with Crippen LogP contribution in [0.4, 0.5) is 0 Å². The molecule has 2 aromatic carbocycles. The zero-order valence-electron chi connectivity index (χ0n) is 13.1. The molecule has 0 fully saturated rings. The summed E-state index contributed by atoms with van der Waals surface area (Å²) in [5.41, 5.74) is 1.08. The average molecular weight is 331 g/mol. The fourth-order valence-corrected chi connectivity index (χ4v) is 2.88. The number of benzene rings is 2. The van der Waals surface area contributed by atoms with Crippen molar-refractivity contribution in [1.82, 2.24) is 5.32 Å². The van der Waals surface area contributed by atoms with Gasteiger partial charge in [-0.25, -0.2) is 4.79 Å². The van der Waals surface area contributed by atoms with Crippen molar-refractivity contribution in [2.75, 3.05) is 12.0 Å². The summed E-state index contributed by atoms with van der Waals surface area (Å²) in [5, 5.41) is 14.1. The van der Waals surface area contributed by atoms with E-state index in [1.54, 1.807) is 11.8 Å². The number of hydrogen-bond donors (Lipinski definition) is 2. The van der Waals surface area contributed by atoms with Gasteiger partial charge in [-0.1, -0.05) is 42.5 Å². The number of aryl methyl sites for hydroxylation is 1. The fourth-order valence-electron chi connectivity index (χ4n) is 2.41. The van der Waals surface area contributed by atoms with Crippen LogP contribution in [0.1, 0.15) is 18.4 Å². The molecule has 4 nitrogen and oxygen atoms in total. The van der Waals surface area contributed by atoms with Gasteiger partial charge in [0.1, 0.15) is 6.04 Å². The summed E-state index contributed by atoms with van der Waals surface area (Å²) < 4.78 is 0. The van der Waals surface area contributed by atoms with Gasteiger partial charge in [0.05, 0.1) is 0 Å². The summed E-state index contributed by atoms with van der Waals surface area (Å²) in [6, 6.07) is 13.4. The van der Waals surface area contributed by atoms with Crippen LogP contribution in [0.3, 0.4) is 0 Å². The number of carbonyl (C=O) groups excluding carboxylic acids is 1. The SMILES string of the molecule is CSCC[C@H](NC(=O)CCc1ccc2ccccc2c1)C(=O)O. The van der Waals surface area contributed by atoms with Crippen molar-refractivity contribution in [3.63, 3.8) is 0 Å². The fraction of sp³-hybridized carbons (Fsp3) is 0.333. The smallest absolute Gasteiger partial charge is 0.326 e. The van der Waals surface area contributed by atoms with Crippen LogP contribution in [0.25, 0.3) is 10.8 Å². The third-order valence-corrected chi connectivity index (χ3v) is 4.34. The van der Waals surface area contributed by atoms with E-state index in [1.807, 2.05) is 36.6 Å². The lowest BCUT2D eigenvalue weighted by Gasteiger charge is -2.14. The summed E-state index contributed by atoms with van der Waals surface area (Å²) in [7, 11) is 0. The molecule has 0 saturated heterocycles. The minimum atomic E-state index is -0.974. The van der Waals surface area contributed by atoms with Gasteiger partial charge in [-0.3, -0.25) is 4.79 Å². The number of carboxylic acid groups (broad SMARTS) is 1.